The molecule has 0 radical (unpaired) electrons. The van der Waals surface area contributed by atoms with Crippen molar-refractivity contribution < 1.29 is 24.2 Å². The van der Waals surface area contributed by atoms with Gasteiger partial charge in [0.2, 0.25) is 0 Å². The molecule has 2 N–H and O–H groups in total. The van der Waals surface area contributed by atoms with Crippen LogP contribution in [0.1, 0.15) is 42.7 Å². The fraction of sp³-hybridized carbons (Fsp3) is 0.333. The first-order valence-corrected chi connectivity index (χ1v) is 8.89. The SMILES string of the molecule is CCOc1cc(C(=O)NC(c2ccccc2)C(C)C)ccc1OCC(=O)O. The summed E-state index contributed by atoms with van der Waals surface area (Å²) in [6.07, 6.45) is 0. The van der Waals surface area contributed by atoms with Crippen LogP contribution in [0.15, 0.2) is 48.5 Å². The van der Waals surface area contributed by atoms with Crippen LogP contribution < -0.4 is 14.8 Å². The van der Waals surface area contributed by atoms with Crippen molar-refractivity contribution in [3.8, 4) is 11.5 Å². The highest BCUT2D eigenvalue weighted by molar-refractivity contribution is 5.95. The number of amides is 1. The monoisotopic (exact) mass is 371 g/mol. The van der Waals surface area contributed by atoms with Gasteiger partial charge >= 0.3 is 5.97 Å². The van der Waals surface area contributed by atoms with Gasteiger partial charge in [-0.2, -0.15) is 0 Å². The van der Waals surface area contributed by atoms with E-state index in [9.17, 15) is 9.59 Å². The van der Waals surface area contributed by atoms with Crippen molar-refractivity contribution in [2.75, 3.05) is 13.2 Å². The number of rotatable bonds is 9. The van der Waals surface area contributed by atoms with Gasteiger partial charge in [-0.15, -0.1) is 0 Å². The van der Waals surface area contributed by atoms with Crippen LogP contribution in [0, 0.1) is 5.92 Å². The van der Waals surface area contributed by atoms with Gasteiger partial charge in [-0.3, -0.25) is 4.79 Å². The van der Waals surface area contributed by atoms with Crippen molar-refractivity contribution in [2.45, 2.75) is 26.8 Å². The first-order chi connectivity index (χ1) is 12.9. The lowest BCUT2D eigenvalue weighted by Crippen LogP contribution is -2.31. The molecule has 0 aromatic heterocycles. The number of benzene rings is 2. The molecule has 144 valence electrons. The summed E-state index contributed by atoms with van der Waals surface area (Å²) in [5.74, 6) is -0.474. The van der Waals surface area contributed by atoms with E-state index in [0.29, 0.717) is 23.7 Å². The van der Waals surface area contributed by atoms with E-state index < -0.39 is 12.6 Å². The fourth-order valence-corrected chi connectivity index (χ4v) is 2.70. The molecule has 0 spiro atoms. The maximum Gasteiger partial charge on any atom is 0.341 e. The number of nitrogens with one attached hydrogen (secondary N) is 1. The molecular weight excluding hydrogens is 346 g/mol. The highest BCUT2D eigenvalue weighted by atomic mass is 16.5. The maximum absolute atomic E-state index is 12.8. The number of carboxylic acids is 1. The molecule has 6 heteroatoms. The van der Waals surface area contributed by atoms with Gasteiger partial charge in [0.05, 0.1) is 12.6 Å². The predicted octanol–water partition coefficient (Wildman–Crippen LogP) is 3.68. The van der Waals surface area contributed by atoms with E-state index in [1.165, 1.54) is 0 Å². The lowest BCUT2D eigenvalue weighted by molar-refractivity contribution is -0.139. The van der Waals surface area contributed by atoms with Gasteiger partial charge in [-0.05, 0) is 36.6 Å². The van der Waals surface area contributed by atoms with Gasteiger partial charge in [0.1, 0.15) is 0 Å². The normalized spacial score (nSPS) is 11.7. The molecule has 27 heavy (non-hydrogen) atoms. The number of carbonyl (C=O) groups is 2. The third kappa shape index (κ3) is 5.74. The van der Waals surface area contributed by atoms with E-state index in [0.717, 1.165) is 5.56 Å². The van der Waals surface area contributed by atoms with Crippen LogP contribution in [-0.2, 0) is 4.79 Å². The molecule has 0 aliphatic rings. The molecule has 1 amide bonds. The van der Waals surface area contributed by atoms with Crippen molar-refractivity contribution in [3.63, 3.8) is 0 Å². The number of hydrogen-bond acceptors (Lipinski definition) is 4. The Morgan fingerprint density at radius 3 is 2.33 bits per heavy atom. The first kappa shape index (κ1) is 20.3. The highest BCUT2D eigenvalue weighted by Crippen LogP contribution is 2.29. The maximum atomic E-state index is 12.8. The van der Waals surface area contributed by atoms with Crippen LogP contribution >= 0.6 is 0 Å². The average molecular weight is 371 g/mol. The minimum atomic E-state index is -1.08. The van der Waals surface area contributed by atoms with Crippen molar-refractivity contribution in [3.05, 3.63) is 59.7 Å². The molecule has 0 saturated heterocycles. The van der Waals surface area contributed by atoms with Crippen LogP contribution in [0.5, 0.6) is 11.5 Å². The molecule has 0 aliphatic heterocycles. The van der Waals surface area contributed by atoms with Crippen LogP contribution in [-0.4, -0.2) is 30.2 Å². The molecule has 1 unspecified atom stereocenters. The minimum Gasteiger partial charge on any atom is -0.490 e. The highest BCUT2D eigenvalue weighted by Gasteiger charge is 2.20. The smallest absolute Gasteiger partial charge is 0.341 e. The lowest BCUT2D eigenvalue weighted by atomic mass is 9.95. The molecule has 0 aliphatic carbocycles. The Hall–Kier alpha value is -3.02. The number of hydrogen-bond donors (Lipinski definition) is 2. The standard InChI is InChI=1S/C21H25NO5/c1-4-26-18-12-16(10-11-17(18)27-13-19(23)24)21(25)22-20(14(2)3)15-8-6-5-7-9-15/h5-12,14,20H,4,13H2,1-3H3,(H,22,25)(H,23,24). The van der Waals surface area contributed by atoms with Crippen molar-refractivity contribution >= 4 is 11.9 Å². The summed E-state index contributed by atoms with van der Waals surface area (Å²) in [5, 5.41) is 11.8. The molecule has 2 rings (SSSR count). The number of carboxylic acid groups (broad SMARTS) is 1. The summed E-state index contributed by atoms with van der Waals surface area (Å²) < 4.78 is 10.7. The van der Waals surface area contributed by atoms with Gasteiger partial charge in [0.25, 0.3) is 5.91 Å². The summed E-state index contributed by atoms with van der Waals surface area (Å²) in [7, 11) is 0. The molecule has 0 heterocycles. The zero-order valence-corrected chi connectivity index (χ0v) is 15.8. The second-order valence-electron chi connectivity index (χ2n) is 6.38. The van der Waals surface area contributed by atoms with Crippen molar-refractivity contribution in [2.24, 2.45) is 5.92 Å². The van der Waals surface area contributed by atoms with Crippen molar-refractivity contribution in [1.29, 1.82) is 0 Å². The lowest BCUT2D eigenvalue weighted by Gasteiger charge is -2.23. The fourth-order valence-electron chi connectivity index (χ4n) is 2.70. The molecule has 1 atom stereocenters. The number of aliphatic carboxylic acids is 1. The molecule has 2 aromatic rings. The Labute approximate surface area is 159 Å². The Balaban J connectivity index is 2.21. The third-order valence-electron chi connectivity index (χ3n) is 3.97. The zero-order chi connectivity index (χ0) is 19.8. The Morgan fingerprint density at radius 2 is 1.74 bits per heavy atom. The summed E-state index contributed by atoms with van der Waals surface area (Å²) in [6, 6.07) is 14.4. The van der Waals surface area contributed by atoms with Gasteiger partial charge in [-0.25, -0.2) is 4.79 Å². The predicted molar refractivity (Wildman–Crippen MR) is 102 cm³/mol. The first-order valence-electron chi connectivity index (χ1n) is 8.89. The van der Waals surface area contributed by atoms with Gasteiger partial charge in [-0.1, -0.05) is 44.2 Å². The van der Waals surface area contributed by atoms with Crippen LogP contribution in [0.25, 0.3) is 0 Å². The Bertz CT molecular complexity index is 773. The topological polar surface area (TPSA) is 84.9 Å². The van der Waals surface area contributed by atoms with E-state index in [1.54, 1.807) is 25.1 Å². The van der Waals surface area contributed by atoms with Crippen molar-refractivity contribution in [1.82, 2.24) is 5.32 Å². The zero-order valence-electron chi connectivity index (χ0n) is 15.8. The third-order valence-corrected chi connectivity index (χ3v) is 3.97. The van der Waals surface area contributed by atoms with Crippen LogP contribution in [0.4, 0.5) is 0 Å². The number of carbonyl (C=O) groups excluding carboxylic acids is 1. The molecule has 2 aromatic carbocycles. The Kier molecular flexibility index (Phi) is 7.23. The summed E-state index contributed by atoms with van der Waals surface area (Å²) >= 11 is 0. The second-order valence-corrected chi connectivity index (χ2v) is 6.38. The molecule has 0 fully saturated rings. The average Bonchev–Trinajstić information content (AvgIpc) is 2.65. The van der Waals surface area contributed by atoms with E-state index in [2.05, 4.69) is 5.32 Å². The minimum absolute atomic E-state index is 0.128. The van der Waals surface area contributed by atoms with Gasteiger partial charge in [0, 0.05) is 5.56 Å². The molecule has 6 nitrogen and oxygen atoms in total. The summed E-state index contributed by atoms with van der Waals surface area (Å²) in [6.45, 7) is 5.79. The summed E-state index contributed by atoms with van der Waals surface area (Å²) in [5.41, 5.74) is 1.45. The van der Waals surface area contributed by atoms with Crippen LogP contribution in [0.3, 0.4) is 0 Å². The largest absolute Gasteiger partial charge is 0.490 e. The van der Waals surface area contributed by atoms with E-state index in [-0.39, 0.29) is 17.9 Å². The van der Waals surface area contributed by atoms with E-state index in [4.69, 9.17) is 14.6 Å². The molecule has 0 saturated carbocycles. The van der Waals surface area contributed by atoms with E-state index in [1.807, 2.05) is 44.2 Å². The van der Waals surface area contributed by atoms with Gasteiger partial charge < -0.3 is 19.9 Å². The number of ether oxygens (including phenoxy) is 2. The summed E-state index contributed by atoms with van der Waals surface area (Å²) in [4.78, 5) is 23.5. The quantitative estimate of drug-likeness (QED) is 0.702. The molecular formula is C21H25NO5. The Morgan fingerprint density at radius 1 is 1.04 bits per heavy atom. The molecule has 0 bridgehead atoms. The van der Waals surface area contributed by atoms with Crippen LogP contribution in [0.2, 0.25) is 0 Å². The second kappa shape index (κ2) is 9.62. The van der Waals surface area contributed by atoms with E-state index >= 15 is 0 Å². The van der Waals surface area contributed by atoms with Gasteiger partial charge in [0.15, 0.2) is 18.1 Å².